The summed E-state index contributed by atoms with van der Waals surface area (Å²) < 4.78 is 32.0. The molecule has 0 bridgehead atoms. The first-order chi connectivity index (χ1) is 10.8. The molecule has 0 spiro atoms. The van der Waals surface area contributed by atoms with Gasteiger partial charge in [-0.1, -0.05) is 12.8 Å². The minimum absolute atomic E-state index is 0.188. The number of nitrogens with zero attached hydrogens (tertiary/aromatic N) is 1. The maximum Gasteiger partial charge on any atom is 0.410 e. The Balaban J connectivity index is 2.35. The highest BCUT2D eigenvalue weighted by Gasteiger charge is 2.42. The van der Waals surface area contributed by atoms with Gasteiger partial charge >= 0.3 is 6.09 Å². The standard InChI is InChI=1S/C17H33NO5S/c1-16(2,3)23-15(19)18-13-14(12-17(18,4)5)10-8-7-9-11-22-24(6,20)21/h14H,7-13H2,1-6H3/t14-/m0/s1. The second kappa shape index (κ2) is 8.04. The minimum Gasteiger partial charge on any atom is -0.444 e. The molecule has 1 atom stereocenters. The molecule has 0 aromatic heterocycles. The Bertz CT molecular complexity index is 522. The lowest BCUT2D eigenvalue weighted by Gasteiger charge is -2.33. The van der Waals surface area contributed by atoms with Crippen LogP contribution in [0.2, 0.25) is 0 Å². The van der Waals surface area contributed by atoms with E-state index in [-0.39, 0.29) is 18.2 Å². The number of hydrogen-bond acceptors (Lipinski definition) is 5. The van der Waals surface area contributed by atoms with Gasteiger partial charge in [-0.15, -0.1) is 0 Å². The Kier molecular flexibility index (Phi) is 7.11. The van der Waals surface area contributed by atoms with Crippen molar-refractivity contribution in [1.29, 1.82) is 0 Å². The largest absolute Gasteiger partial charge is 0.444 e. The van der Waals surface area contributed by atoms with E-state index < -0.39 is 15.7 Å². The molecule has 142 valence electrons. The summed E-state index contributed by atoms with van der Waals surface area (Å²) in [5.74, 6) is 0.461. The molecule has 1 aliphatic heterocycles. The molecule has 0 unspecified atom stereocenters. The van der Waals surface area contributed by atoms with Gasteiger partial charge in [0.05, 0.1) is 12.9 Å². The van der Waals surface area contributed by atoms with Gasteiger partial charge in [0.2, 0.25) is 0 Å². The van der Waals surface area contributed by atoms with E-state index >= 15 is 0 Å². The van der Waals surface area contributed by atoms with E-state index in [1.165, 1.54) is 0 Å². The predicted molar refractivity (Wildman–Crippen MR) is 94.4 cm³/mol. The summed E-state index contributed by atoms with van der Waals surface area (Å²) in [5.41, 5.74) is -0.669. The first-order valence-corrected chi connectivity index (χ1v) is 10.5. The van der Waals surface area contributed by atoms with Crippen LogP contribution in [-0.4, -0.2) is 50.0 Å². The van der Waals surface area contributed by atoms with Crippen molar-refractivity contribution in [3.8, 4) is 0 Å². The SMILES string of the molecule is CC(C)(C)OC(=O)N1C[C@@H](CCCCCOS(C)(=O)=O)CC1(C)C. The van der Waals surface area contributed by atoms with E-state index in [1.54, 1.807) is 0 Å². The lowest BCUT2D eigenvalue weighted by Crippen LogP contribution is -2.45. The highest BCUT2D eigenvalue weighted by molar-refractivity contribution is 7.85. The maximum absolute atomic E-state index is 12.4. The molecule has 0 aliphatic carbocycles. The van der Waals surface area contributed by atoms with E-state index in [4.69, 9.17) is 8.92 Å². The zero-order valence-electron chi connectivity index (χ0n) is 15.9. The van der Waals surface area contributed by atoms with Gasteiger partial charge in [-0.3, -0.25) is 4.18 Å². The van der Waals surface area contributed by atoms with Crippen LogP contribution in [-0.2, 0) is 19.0 Å². The molecule has 1 amide bonds. The van der Waals surface area contributed by atoms with Crippen LogP contribution >= 0.6 is 0 Å². The third-order valence-corrected chi connectivity index (χ3v) is 4.72. The fourth-order valence-corrected chi connectivity index (χ4v) is 3.56. The molecule has 1 rings (SSSR count). The lowest BCUT2D eigenvalue weighted by atomic mass is 9.93. The quantitative estimate of drug-likeness (QED) is 0.511. The van der Waals surface area contributed by atoms with Gasteiger partial charge in [-0.2, -0.15) is 8.42 Å². The van der Waals surface area contributed by atoms with Gasteiger partial charge in [0.15, 0.2) is 0 Å². The summed E-state index contributed by atoms with van der Waals surface area (Å²) in [4.78, 5) is 14.2. The van der Waals surface area contributed by atoms with Gasteiger partial charge in [0.1, 0.15) is 5.60 Å². The van der Waals surface area contributed by atoms with Crippen LogP contribution in [0.5, 0.6) is 0 Å². The molecule has 0 N–H and O–H groups in total. The number of unbranched alkanes of at least 4 members (excludes halogenated alkanes) is 2. The molecule has 0 saturated carbocycles. The van der Waals surface area contributed by atoms with E-state index in [0.717, 1.165) is 44.9 Å². The van der Waals surface area contributed by atoms with Gasteiger partial charge < -0.3 is 9.64 Å². The Morgan fingerprint density at radius 3 is 2.38 bits per heavy atom. The average Bonchev–Trinajstić information content (AvgIpc) is 2.65. The number of amides is 1. The summed E-state index contributed by atoms with van der Waals surface area (Å²) >= 11 is 0. The molecular formula is C17H33NO5S. The van der Waals surface area contributed by atoms with Crippen molar-refractivity contribution in [1.82, 2.24) is 4.90 Å². The summed E-state index contributed by atoms with van der Waals surface area (Å²) in [5, 5.41) is 0. The molecule has 0 aromatic carbocycles. The van der Waals surface area contributed by atoms with Crippen molar-refractivity contribution in [2.45, 2.75) is 77.9 Å². The fraction of sp³-hybridized carbons (Fsp3) is 0.941. The fourth-order valence-electron chi connectivity index (χ4n) is 3.14. The van der Waals surface area contributed by atoms with Gasteiger partial charge in [0, 0.05) is 12.1 Å². The first kappa shape index (κ1) is 21.2. The zero-order chi connectivity index (χ0) is 18.6. The normalized spacial score (nSPS) is 21.1. The highest BCUT2D eigenvalue weighted by Crippen LogP contribution is 2.36. The monoisotopic (exact) mass is 363 g/mol. The van der Waals surface area contributed by atoms with Crippen LogP contribution in [0.3, 0.4) is 0 Å². The Labute approximate surface area is 147 Å². The number of carbonyl (C=O) groups excluding carboxylic acids is 1. The van der Waals surface area contributed by atoms with Gasteiger partial charge in [0.25, 0.3) is 10.1 Å². The van der Waals surface area contributed by atoms with Crippen molar-refractivity contribution in [2.24, 2.45) is 5.92 Å². The van der Waals surface area contributed by atoms with Crippen LogP contribution < -0.4 is 0 Å². The minimum atomic E-state index is -3.33. The van der Waals surface area contributed by atoms with E-state index in [0.29, 0.717) is 5.92 Å². The Hall–Kier alpha value is -0.820. The molecule has 6 nitrogen and oxygen atoms in total. The molecule has 1 saturated heterocycles. The van der Waals surface area contributed by atoms with Crippen LogP contribution in [0.15, 0.2) is 0 Å². The molecular weight excluding hydrogens is 330 g/mol. The van der Waals surface area contributed by atoms with Crippen LogP contribution in [0.25, 0.3) is 0 Å². The number of likely N-dealkylation sites (tertiary alicyclic amines) is 1. The van der Waals surface area contributed by atoms with Crippen molar-refractivity contribution >= 4 is 16.2 Å². The molecule has 1 fully saturated rings. The third-order valence-electron chi connectivity index (χ3n) is 4.13. The van der Waals surface area contributed by atoms with Crippen LogP contribution in [0, 0.1) is 5.92 Å². The van der Waals surface area contributed by atoms with E-state index in [1.807, 2.05) is 25.7 Å². The second-order valence-corrected chi connectivity index (χ2v) is 9.99. The van der Waals surface area contributed by atoms with E-state index in [2.05, 4.69) is 13.8 Å². The Morgan fingerprint density at radius 2 is 1.83 bits per heavy atom. The highest BCUT2D eigenvalue weighted by atomic mass is 32.2. The van der Waals surface area contributed by atoms with Crippen molar-refractivity contribution < 1.29 is 22.1 Å². The second-order valence-electron chi connectivity index (χ2n) is 8.35. The van der Waals surface area contributed by atoms with Crippen molar-refractivity contribution in [2.75, 3.05) is 19.4 Å². The van der Waals surface area contributed by atoms with E-state index in [9.17, 15) is 13.2 Å². The number of ether oxygens (including phenoxy) is 1. The van der Waals surface area contributed by atoms with Gasteiger partial charge in [-0.25, -0.2) is 4.79 Å². The molecule has 7 heteroatoms. The Morgan fingerprint density at radius 1 is 1.21 bits per heavy atom. The van der Waals surface area contributed by atoms with Gasteiger partial charge in [-0.05, 0) is 59.8 Å². The summed E-state index contributed by atoms with van der Waals surface area (Å²) in [6.07, 6.45) is 5.50. The summed E-state index contributed by atoms with van der Waals surface area (Å²) in [6.45, 7) is 10.8. The predicted octanol–water partition coefficient (Wildman–Crippen LogP) is 3.56. The first-order valence-electron chi connectivity index (χ1n) is 8.65. The smallest absolute Gasteiger partial charge is 0.410 e. The van der Waals surface area contributed by atoms with Crippen molar-refractivity contribution in [3.05, 3.63) is 0 Å². The molecule has 24 heavy (non-hydrogen) atoms. The number of carbonyl (C=O) groups is 1. The van der Waals surface area contributed by atoms with Crippen molar-refractivity contribution in [3.63, 3.8) is 0 Å². The topological polar surface area (TPSA) is 72.9 Å². The average molecular weight is 364 g/mol. The zero-order valence-corrected chi connectivity index (χ0v) is 16.7. The molecule has 0 aromatic rings. The van der Waals surface area contributed by atoms with Crippen LogP contribution in [0.4, 0.5) is 4.79 Å². The summed E-state index contributed by atoms with van der Waals surface area (Å²) in [6, 6.07) is 0. The molecule has 1 heterocycles. The lowest BCUT2D eigenvalue weighted by molar-refractivity contribution is 0.0131. The maximum atomic E-state index is 12.4. The molecule has 0 radical (unpaired) electrons. The number of hydrogen-bond donors (Lipinski definition) is 0. The molecule has 1 aliphatic rings. The van der Waals surface area contributed by atoms with Crippen LogP contribution in [0.1, 0.15) is 66.7 Å². The third kappa shape index (κ3) is 7.83. The number of rotatable bonds is 7. The summed E-state index contributed by atoms with van der Waals surface area (Å²) in [7, 11) is -3.33.